The van der Waals surface area contributed by atoms with Crippen LogP contribution in [0.2, 0.25) is 0 Å². The van der Waals surface area contributed by atoms with Crippen molar-refractivity contribution < 1.29 is 18.0 Å². The number of amides is 1. The number of carbonyl (C=O) groups is 1. The third-order valence-corrected chi connectivity index (χ3v) is 3.17. The van der Waals surface area contributed by atoms with Gasteiger partial charge >= 0.3 is 6.18 Å². The zero-order valence-electron chi connectivity index (χ0n) is 10.4. The van der Waals surface area contributed by atoms with Gasteiger partial charge in [0, 0.05) is 0 Å². The first-order valence-electron chi connectivity index (χ1n) is 6.17. The Bertz CT molecular complexity index is 447. The summed E-state index contributed by atoms with van der Waals surface area (Å²) in [7, 11) is 0. The summed E-state index contributed by atoms with van der Waals surface area (Å²) < 4.78 is 38.9. The van der Waals surface area contributed by atoms with E-state index in [4.69, 9.17) is 0 Å². The van der Waals surface area contributed by atoms with E-state index in [1.54, 1.807) is 37.3 Å². The molecule has 19 heavy (non-hydrogen) atoms. The van der Waals surface area contributed by atoms with Crippen molar-refractivity contribution in [3.63, 3.8) is 0 Å². The van der Waals surface area contributed by atoms with E-state index in [1.807, 2.05) is 0 Å². The second-order valence-electron chi connectivity index (χ2n) is 4.55. The molecule has 104 valence electrons. The molecule has 1 N–H and O–H groups in total. The fraction of sp³-hybridized carbons (Fsp3) is 0.462. The number of para-hydroxylation sites is 1. The van der Waals surface area contributed by atoms with Gasteiger partial charge in [-0.3, -0.25) is 4.79 Å². The van der Waals surface area contributed by atoms with Gasteiger partial charge in [-0.15, -0.1) is 0 Å². The molecule has 1 fully saturated rings. The van der Waals surface area contributed by atoms with Crippen LogP contribution in [0.4, 0.5) is 18.9 Å². The maximum Gasteiger partial charge on any atom is 0.406 e. The van der Waals surface area contributed by atoms with Gasteiger partial charge in [0.25, 0.3) is 0 Å². The van der Waals surface area contributed by atoms with Crippen LogP contribution >= 0.6 is 0 Å². The van der Waals surface area contributed by atoms with Gasteiger partial charge in [0.05, 0.1) is 11.6 Å². The molecule has 2 rings (SSSR count). The van der Waals surface area contributed by atoms with Crippen LogP contribution in [-0.2, 0) is 4.79 Å². The van der Waals surface area contributed by atoms with E-state index < -0.39 is 24.0 Å². The summed E-state index contributed by atoms with van der Waals surface area (Å²) >= 11 is 0. The Labute approximate surface area is 109 Å². The van der Waals surface area contributed by atoms with E-state index in [9.17, 15) is 18.0 Å². The zero-order valence-corrected chi connectivity index (χ0v) is 10.4. The summed E-state index contributed by atoms with van der Waals surface area (Å²) in [5.41, 5.74) is 2.72. The topological polar surface area (TPSA) is 32.3 Å². The molecule has 6 heteroatoms. The number of alkyl halides is 3. The molecule has 1 heterocycles. The predicted octanol–water partition coefficient (Wildman–Crippen LogP) is 2.89. The lowest BCUT2D eigenvalue weighted by atomic mass is 9.95. The second-order valence-corrected chi connectivity index (χ2v) is 4.55. The number of hydrogen-bond acceptors (Lipinski definition) is 2. The summed E-state index contributed by atoms with van der Waals surface area (Å²) in [5, 5.41) is 1.01. The van der Waals surface area contributed by atoms with Crippen LogP contribution in [0.25, 0.3) is 0 Å². The first kappa shape index (κ1) is 13.9. The molecule has 0 radical (unpaired) electrons. The number of halogens is 3. The minimum absolute atomic E-state index is 0.222. The van der Waals surface area contributed by atoms with Crippen LogP contribution in [0, 0.1) is 5.92 Å². The maximum absolute atomic E-state index is 13.0. The smallest absolute Gasteiger partial charge is 0.273 e. The van der Waals surface area contributed by atoms with Crippen molar-refractivity contribution in [1.29, 1.82) is 0 Å². The molecule has 1 aromatic carbocycles. The van der Waals surface area contributed by atoms with Gasteiger partial charge in [0.2, 0.25) is 5.91 Å². The third kappa shape index (κ3) is 2.73. The quantitative estimate of drug-likeness (QED) is 0.917. The lowest BCUT2D eigenvalue weighted by Crippen LogP contribution is -2.45. The number of hydrazine groups is 1. The first-order chi connectivity index (χ1) is 8.95. The van der Waals surface area contributed by atoms with Crippen LogP contribution < -0.4 is 10.4 Å². The lowest BCUT2D eigenvalue weighted by molar-refractivity contribution is -0.163. The summed E-state index contributed by atoms with van der Waals surface area (Å²) in [6.07, 6.45) is -3.67. The lowest BCUT2D eigenvalue weighted by Gasteiger charge is -2.20. The third-order valence-electron chi connectivity index (χ3n) is 3.17. The molecule has 0 spiro atoms. The maximum atomic E-state index is 13.0. The van der Waals surface area contributed by atoms with Crippen LogP contribution in [0.5, 0.6) is 0 Å². The SMILES string of the molecule is CCCC1C(=O)N(c2ccccc2)NC1C(F)(F)F. The minimum Gasteiger partial charge on any atom is -0.273 e. The van der Waals surface area contributed by atoms with Crippen molar-refractivity contribution in [1.82, 2.24) is 5.43 Å². The Morgan fingerprint density at radius 2 is 1.89 bits per heavy atom. The van der Waals surface area contributed by atoms with E-state index in [0.717, 1.165) is 5.01 Å². The molecule has 1 amide bonds. The number of anilines is 1. The predicted molar refractivity (Wildman–Crippen MR) is 65.3 cm³/mol. The van der Waals surface area contributed by atoms with E-state index in [0.29, 0.717) is 12.1 Å². The average molecular weight is 272 g/mol. The van der Waals surface area contributed by atoms with Crippen LogP contribution in [0.1, 0.15) is 19.8 Å². The van der Waals surface area contributed by atoms with Crippen molar-refractivity contribution in [2.45, 2.75) is 32.0 Å². The summed E-state index contributed by atoms with van der Waals surface area (Å²) in [5.74, 6) is -1.57. The zero-order chi connectivity index (χ0) is 14.0. The van der Waals surface area contributed by atoms with Crippen molar-refractivity contribution in [3.8, 4) is 0 Å². The Hall–Kier alpha value is -1.56. The van der Waals surface area contributed by atoms with Gasteiger partial charge in [-0.25, -0.2) is 10.4 Å². The number of rotatable bonds is 3. The highest BCUT2D eigenvalue weighted by Gasteiger charge is 2.53. The normalized spacial score (nSPS) is 24.0. The van der Waals surface area contributed by atoms with Crippen LogP contribution in [-0.4, -0.2) is 18.1 Å². The molecular weight excluding hydrogens is 257 g/mol. The van der Waals surface area contributed by atoms with Crippen LogP contribution in [0.15, 0.2) is 30.3 Å². The largest absolute Gasteiger partial charge is 0.406 e. The standard InChI is InChI=1S/C13H15F3N2O/c1-2-6-10-11(13(14,15)16)17-18(12(10)19)9-7-4-3-5-8-9/h3-5,7-8,10-11,17H,2,6H2,1H3. The van der Waals surface area contributed by atoms with Crippen molar-refractivity contribution in [3.05, 3.63) is 30.3 Å². The molecule has 2 atom stereocenters. The van der Waals surface area contributed by atoms with Gasteiger partial charge in [-0.2, -0.15) is 13.2 Å². The number of nitrogens with zero attached hydrogens (tertiary/aromatic N) is 1. The summed E-state index contributed by atoms with van der Waals surface area (Å²) in [6, 6.07) is 6.51. The molecule has 1 aliphatic heterocycles. The van der Waals surface area contributed by atoms with E-state index in [-0.39, 0.29) is 6.42 Å². The summed E-state index contributed by atoms with van der Waals surface area (Å²) in [4.78, 5) is 12.1. The number of carbonyl (C=O) groups excluding carboxylic acids is 1. The highest BCUT2D eigenvalue weighted by Crippen LogP contribution is 2.35. The molecule has 1 saturated heterocycles. The highest BCUT2D eigenvalue weighted by atomic mass is 19.4. The van der Waals surface area contributed by atoms with Crippen molar-refractivity contribution >= 4 is 11.6 Å². The molecule has 0 aromatic heterocycles. The summed E-state index contributed by atoms with van der Waals surface area (Å²) in [6.45, 7) is 1.77. The Kier molecular flexibility index (Phi) is 3.80. The fourth-order valence-corrected chi connectivity index (χ4v) is 2.28. The Balaban J connectivity index is 2.28. The Morgan fingerprint density at radius 1 is 1.26 bits per heavy atom. The van der Waals surface area contributed by atoms with Crippen molar-refractivity contribution in [2.75, 3.05) is 5.01 Å². The van der Waals surface area contributed by atoms with E-state index in [2.05, 4.69) is 5.43 Å². The molecule has 0 bridgehead atoms. The van der Waals surface area contributed by atoms with Gasteiger partial charge in [0.15, 0.2) is 0 Å². The van der Waals surface area contributed by atoms with Gasteiger partial charge in [0.1, 0.15) is 6.04 Å². The first-order valence-corrected chi connectivity index (χ1v) is 6.17. The fourth-order valence-electron chi connectivity index (χ4n) is 2.28. The highest BCUT2D eigenvalue weighted by molar-refractivity contribution is 5.96. The average Bonchev–Trinajstić information content (AvgIpc) is 2.69. The van der Waals surface area contributed by atoms with E-state index >= 15 is 0 Å². The monoisotopic (exact) mass is 272 g/mol. The number of nitrogens with one attached hydrogen (secondary N) is 1. The molecule has 0 aliphatic carbocycles. The van der Waals surface area contributed by atoms with Gasteiger partial charge in [-0.05, 0) is 18.6 Å². The molecular formula is C13H15F3N2O. The molecule has 0 saturated carbocycles. The van der Waals surface area contributed by atoms with Gasteiger partial charge in [-0.1, -0.05) is 31.5 Å². The second kappa shape index (κ2) is 5.21. The van der Waals surface area contributed by atoms with E-state index in [1.165, 1.54) is 0 Å². The molecule has 1 aromatic rings. The Morgan fingerprint density at radius 3 is 2.42 bits per heavy atom. The molecule has 2 unspecified atom stereocenters. The number of benzene rings is 1. The van der Waals surface area contributed by atoms with Gasteiger partial charge < -0.3 is 0 Å². The molecule has 1 aliphatic rings. The molecule has 3 nitrogen and oxygen atoms in total. The van der Waals surface area contributed by atoms with Crippen molar-refractivity contribution in [2.24, 2.45) is 5.92 Å². The van der Waals surface area contributed by atoms with Crippen LogP contribution in [0.3, 0.4) is 0 Å². The minimum atomic E-state index is -4.43. The number of hydrogen-bond donors (Lipinski definition) is 1.